The molecule has 0 spiro atoms. The molecule has 0 heterocycles. The molecule has 0 saturated heterocycles. The van der Waals surface area contributed by atoms with Gasteiger partial charge < -0.3 is 0 Å². The van der Waals surface area contributed by atoms with Gasteiger partial charge in [0.15, 0.2) is 0 Å². The van der Waals surface area contributed by atoms with E-state index in [4.69, 9.17) is 0 Å². The van der Waals surface area contributed by atoms with Gasteiger partial charge in [0.2, 0.25) is 0 Å². The maximum atomic E-state index is 2.23. The quantitative estimate of drug-likeness (QED) is 0.702. The maximum Gasteiger partial charge on any atom is -0.147 e. The van der Waals surface area contributed by atoms with Crippen LogP contribution in [0.4, 0.5) is 0 Å². The molecule has 0 atom stereocenters. The molecule has 0 fully saturated rings. The SMILES string of the molecule is CN(C)CC1=[C]([Ti])CC=C1.Cl.Cl.Cl. The van der Waals surface area contributed by atoms with E-state index in [1.54, 1.807) is 0 Å². The van der Waals surface area contributed by atoms with Gasteiger partial charge in [-0.2, -0.15) is 0 Å². The molecule has 0 aromatic carbocycles. The summed E-state index contributed by atoms with van der Waals surface area (Å²) in [5.74, 6) is 0. The first-order chi connectivity index (χ1) is 4.70. The molecule has 0 radical (unpaired) electrons. The Hall–Kier alpha value is 1.02. The molecular formula is C8H15Cl3NTi. The third kappa shape index (κ3) is 7.01. The molecule has 0 saturated carbocycles. The summed E-state index contributed by atoms with van der Waals surface area (Å²) < 4.78 is 1.52. The molecule has 13 heavy (non-hydrogen) atoms. The molecule has 5 heteroatoms. The van der Waals surface area contributed by atoms with Gasteiger partial charge in [0.25, 0.3) is 0 Å². The van der Waals surface area contributed by atoms with Crippen molar-refractivity contribution in [3.8, 4) is 0 Å². The topological polar surface area (TPSA) is 3.24 Å². The largest absolute Gasteiger partial charge is 0.147 e. The summed E-state index contributed by atoms with van der Waals surface area (Å²) in [5.41, 5.74) is 1.49. The number of allylic oxidation sites excluding steroid dienone is 2. The minimum atomic E-state index is 0. The average molecular weight is 279 g/mol. The molecule has 0 N–H and O–H groups in total. The second-order valence-corrected chi connectivity index (χ2v) is 3.79. The summed E-state index contributed by atoms with van der Waals surface area (Å²) in [6.07, 6.45) is 5.62. The second-order valence-electron chi connectivity index (χ2n) is 2.85. The number of halogens is 3. The first-order valence-electron chi connectivity index (χ1n) is 3.45. The van der Waals surface area contributed by atoms with Gasteiger partial charge in [0.05, 0.1) is 0 Å². The Morgan fingerprint density at radius 3 is 2.15 bits per heavy atom. The van der Waals surface area contributed by atoms with Crippen LogP contribution in [-0.2, 0) is 20.4 Å². The first kappa shape index (κ1) is 19.6. The van der Waals surface area contributed by atoms with Crippen LogP contribution >= 0.6 is 37.2 Å². The van der Waals surface area contributed by atoms with Gasteiger partial charge in [0.1, 0.15) is 0 Å². The van der Waals surface area contributed by atoms with Crippen molar-refractivity contribution < 1.29 is 20.4 Å². The van der Waals surface area contributed by atoms with E-state index in [0.29, 0.717) is 0 Å². The van der Waals surface area contributed by atoms with Crippen LogP contribution in [0.5, 0.6) is 0 Å². The molecule has 0 amide bonds. The average Bonchev–Trinajstić information content (AvgIpc) is 2.15. The Morgan fingerprint density at radius 2 is 1.85 bits per heavy atom. The van der Waals surface area contributed by atoms with Crippen LogP contribution in [0.3, 0.4) is 0 Å². The van der Waals surface area contributed by atoms with E-state index in [2.05, 4.69) is 51.6 Å². The van der Waals surface area contributed by atoms with Crippen molar-refractivity contribution >= 4 is 37.2 Å². The van der Waals surface area contributed by atoms with Crippen LogP contribution in [0.15, 0.2) is 21.6 Å². The Kier molecular flexibility index (Phi) is 14.4. The minimum Gasteiger partial charge on any atom is -0.147 e. The molecular weight excluding hydrogens is 264 g/mol. The number of likely N-dealkylation sites (N-methyl/N-ethyl adjacent to an activating group) is 1. The fraction of sp³-hybridized carbons (Fsp3) is 0.500. The Labute approximate surface area is 111 Å². The van der Waals surface area contributed by atoms with Crippen molar-refractivity contribution in [1.29, 1.82) is 0 Å². The molecule has 0 aliphatic heterocycles. The molecule has 77 valence electrons. The van der Waals surface area contributed by atoms with Crippen LogP contribution < -0.4 is 0 Å². The molecule has 1 rings (SSSR count). The monoisotopic (exact) mass is 278 g/mol. The minimum absolute atomic E-state index is 0. The smallest absolute Gasteiger partial charge is 0.147 e. The van der Waals surface area contributed by atoms with Crippen molar-refractivity contribution in [1.82, 2.24) is 4.90 Å². The zero-order valence-corrected chi connectivity index (χ0v) is 11.8. The third-order valence-electron chi connectivity index (χ3n) is 1.52. The predicted molar refractivity (Wildman–Crippen MR) is 61.1 cm³/mol. The molecule has 0 unspecified atom stereocenters. The Morgan fingerprint density at radius 1 is 1.31 bits per heavy atom. The van der Waals surface area contributed by atoms with E-state index in [0.717, 1.165) is 13.0 Å². The van der Waals surface area contributed by atoms with E-state index in [1.165, 1.54) is 9.45 Å². The van der Waals surface area contributed by atoms with E-state index in [9.17, 15) is 0 Å². The van der Waals surface area contributed by atoms with Gasteiger partial charge in [-0.15, -0.1) is 37.2 Å². The molecule has 1 aliphatic carbocycles. The molecule has 1 nitrogen and oxygen atoms in total. The fourth-order valence-electron chi connectivity index (χ4n) is 1.04. The first-order valence-corrected chi connectivity index (χ1v) is 4.23. The standard InChI is InChI=1S/C8H12N.3ClH.Ti/c1-9(2)7-8-5-3-4-6-8;;;;/h3,5H,4,7H2,1-2H3;3*1H;. The van der Waals surface area contributed by atoms with E-state index in [-0.39, 0.29) is 37.2 Å². The summed E-state index contributed by atoms with van der Waals surface area (Å²) in [6.45, 7) is 1.09. The van der Waals surface area contributed by atoms with E-state index >= 15 is 0 Å². The van der Waals surface area contributed by atoms with Crippen LogP contribution in [0.2, 0.25) is 0 Å². The zero-order chi connectivity index (χ0) is 7.56. The second kappa shape index (κ2) is 9.57. The zero-order valence-electron chi connectivity index (χ0n) is 7.74. The normalized spacial score (nSPS) is 13.4. The van der Waals surface area contributed by atoms with Crippen molar-refractivity contribution in [2.75, 3.05) is 20.6 Å². The number of rotatable bonds is 2. The number of nitrogens with zero attached hydrogens (tertiary/aromatic N) is 1. The summed E-state index contributed by atoms with van der Waals surface area (Å²) in [7, 11) is 4.21. The summed E-state index contributed by atoms with van der Waals surface area (Å²) >= 11 is 2.21. The van der Waals surface area contributed by atoms with Crippen molar-refractivity contribution in [2.24, 2.45) is 0 Å². The van der Waals surface area contributed by atoms with Gasteiger partial charge in [-0.05, 0) is 0 Å². The van der Waals surface area contributed by atoms with Crippen molar-refractivity contribution in [2.45, 2.75) is 6.42 Å². The van der Waals surface area contributed by atoms with Gasteiger partial charge in [-0.1, -0.05) is 0 Å². The summed E-state index contributed by atoms with van der Waals surface area (Å²) in [4.78, 5) is 2.20. The summed E-state index contributed by atoms with van der Waals surface area (Å²) in [6, 6.07) is 0. The van der Waals surface area contributed by atoms with Crippen LogP contribution in [0, 0.1) is 0 Å². The molecule has 0 aromatic heterocycles. The van der Waals surface area contributed by atoms with Crippen molar-refractivity contribution in [3.63, 3.8) is 0 Å². The third-order valence-corrected chi connectivity index (χ3v) is 2.34. The predicted octanol–water partition coefficient (Wildman–Crippen LogP) is 2.57. The van der Waals surface area contributed by atoms with E-state index in [1.807, 2.05) is 0 Å². The Balaban J connectivity index is -0.000000333. The number of hydrogen-bond acceptors (Lipinski definition) is 1. The van der Waals surface area contributed by atoms with E-state index < -0.39 is 0 Å². The van der Waals surface area contributed by atoms with Gasteiger partial charge in [-0.25, -0.2) is 0 Å². The maximum absolute atomic E-state index is 2.23. The molecule has 1 aliphatic rings. The van der Waals surface area contributed by atoms with Crippen LogP contribution in [-0.4, -0.2) is 25.5 Å². The van der Waals surface area contributed by atoms with Gasteiger partial charge in [-0.3, -0.25) is 0 Å². The number of hydrogen-bond donors (Lipinski definition) is 0. The molecule has 0 bridgehead atoms. The van der Waals surface area contributed by atoms with Gasteiger partial charge >= 0.3 is 74.0 Å². The van der Waals surface area contributed by atoms with Crippen LogP contribution in [0.1, 0.15) is 6.42 Å². The van der Waals surface area contributed by atoms with Crippen LogP contribution in [0.25, 0.3) is 0 Å². The summed E-state index contributed by atoms with van der Waals surface area (Å²) in [5, 5.41) is 0. The van der Waals surface area contributed by atoms with Gasteiger partial charge in [0, 0.05) is 0 Å². The Bertz CT molecular complexity index is 190. The van der Waals surface area contributed by atoms with Crippen molar-refractivity contribution in [3.05, 3.63) is 21.6 Å². The fourth-order valence-corrected chi connectivity index (χ4v) is 1.48. The molecule has 0 aromatic rings.